The van der Waals surface area contributed by atoms with Gasteiger partial charge in [-0.1, -0.05) is 0 Å². The van der Waals surface area contributed by atoms with Gasteiger partial charge in [0.2, 0.25) is 5.88 Å². The van der Waals surface area contributed by atoms with Gasteiger partial charge in [0.1, 0.15) is 17.7 Å². The molecule has 1 saturated heterocycles. The quantitative estimate of drug-likeness (QED) is 0.891. The zero-order valence-electron chi connectivity index (χ0n) is 15.0. The number of nitrogens with one attached hydrogen (secondary N) is 1. The molecule has 0 radical (unpaired) electrons. The van der Waals surface area contributed by atoms with Crippen molar-refractivity contribution in [1.82, 2.24) is 15.3 Å². The highest BCUT2D eigenvalue weighted by molar-refractivity contribution is 5.67. The van der Waals surface area contributed by atoms with Gasteiger partial charge < -0.3 is 19.7 Å². The summed E-state index contributed by atoms with van der Waals surface area (Å²) in [6.45, 7) is 10.5. The largest absolute Gasteiger partial charge is 0.478 e. The third-order valence-corrected chi connectivity index (χ3v) is 3.70. The number of hydrogen-bond acceptors (Lipinski definition) is 6. The van der Waals surface area contributed by atoms with Gasteiger partial charge in [-0.2, -0.15) is 0 Å². The SMILES string of the molecule is CCOc1cc(N2CCCC(CNC(=O)OC(C)(C)C)C2)ncn1. The van der Waals surface area contributed by atoms with E-state index in [0.29, 0.717) is 24.9 Å². The first-order valence-corrected chi connectivity index (χ1v) is 8.54. The highest BCUT2D eigenvalue weighted by Crippen LogP contribution is 2.23. The standard InChI is InChI=1S/C17H28N4O3/c1-5-23-15-9-14(19-12-20-15)21-8-6-7-13(11-21)10-18-16(22)24-17(2,3)4/h9,12-13H,5-8,10-11H2,1-4H3,(H,18,22). The third kappa shape index (κ3) is 5.86. The summed E-state index contributed by atoms with van der Waals surface area (Å²) in [5.74, 6) is 1.84. The summed E-state index contributed by atoms with van der Waals surface area (Å²) in [6.07, 6.45) is 3.31. The van der Waals surface area contributed by atoms with Crippen LogP contribution in [0.5, 0.6) is 5.88 Å². The van der Waals surface area contributed by atoms with Gasteiger partial charge in [0.15, 0.2) is 0 Å². The minimum absolute atomic E-state index is 0.361. The summed E-state index contributed by atoms with van der Waals surface area (Å²) < 4.78 is 10.7. The van der Waals surface area contributed by atoms with E-state index in [2.05, 4.69) is 20.2 Å². The summed E-state index contributed by atoms with van der Waals surface area (Å²) in [5, 5.41) is 2.87. The zero-order chi connectivity index (χ0) is 17.6. The van der Waals surface area contributed by atoms with Crippen LogP contribution in [0.3, 0.4) is 0 Å². The van der Waals surface area contributed by atoms with E-state index >= 15 is 0 Å². The number of rotatable bonds is 5. The predicted molar refractivity (Wildman–Crippen MR) is 92.4 cm³/mol. The van der Waals surface area contributed by atoms with Crippen LogP contribution in [0.1, 0.15) is 40.5 Å². The smallest absolute Gasteiger partial charge is 0.407 e. The first kappa shape index (κ1) is 18.3. The van der Waals surface area contributed by atoms with Crippen LogP contribution in [0.15, 0.2) is 12.4 Å². The second-order valence-corrected chi connectivity index (χ2v) is 6.98. The van der Waals surface area contributed by atoms with Crippen molar-refractivity contribution in [3.8, 4) is 5.88 Å². The zero-order valence-corrected chi connectivity index (χ0v) is 15.0. The maximum absolute atomic E-state index is 11.8. The molecular formula is C17H28N4O3. The van der Waals surface area contributed by atoms with Crippen molar-refractivity contribution in [2.75, 3.05) is 31.1 Å². The molecule has 1 N–H and O–H groups in total. The average Bonchev–Trinajstić information content (AvgIpc) is 2.52. The fourth-order valence-electron chi connectivity index (χ4n) is 2.71. The van der Waals surface area contributed by atoms with E-state index in [9.17, 15) is 4.79 Å². The number of carbonyl (C=O) groups excluding carboxylic acids is 1. The van der Waals surface area contributed by atoms with Crippen molar-refractivity contribution in [2.24, 2.45) is 5.92 Å². The lowest BCUT2D eigenvalue weighted by Gasteiger charge is -2.33. The molecule has 1 amide bonds. The highest BCUT2D eigenvalue weighted by atomic mass is 16.6. The highest BCUT2D eigenvalue weighted by Gasteiger charge is 2.23. The number of piperidine rings is 1. The molecule has 1 aromatic heterocycles. The number of alkyl carbamates (subject to hydrolysis) is 1. The van der Waals surface area contributed by atoms with Crippen LogP contribution in [0.4, 0.5) is 10.6 Å². The normalized spacial score (nSPS) is 18.2. The van der Waals surface area contributed by atoms with Crippen LogP contribution in [0, 0.1) is 5.92 Å². The third-order valence-electron chi connectivity index (χ3n) is 3.70. The Kier molecular flexibility index (Phi) is 6.23. The van der Waals surface area contributed by atoms with E-state index in [-0.39, 0.29) is 6.09 Å². The number of anilines is 1. The van der Waals surface area contributed by atoms with Gasteiger partial charge in [0.25, 0.3) is 0 Å². The summed E-state index contributed by atoms with van der Waals surface area (Å²) in [4.78, 5) is 22.5. The fraction of sp³-hybridized carbons (Fsp3) is 0.706. The van der Waals surface area contributed by atoms with Crippen molar-refractivity contribution < 1.29 is 14.3 Å². The number of amides is 1. The number of ether oxygens (including phenoxy) is 2. The van der Waals surface area contributed by atoms with Crippen molar-refractivity contribution in [3.05, 3.63) is 12.4 Å². The van der Waals surface area contributed by atoms with Crippen LogP contribution in [-0.2, 0) is 4.74 Å². The van der Waals surface area contributed by atoms with Crippen LogP contribution in [0.2, 0.25) is 0 Å². The molecule has 7 nitrogen and oxygen atoms in total. The molecule has 0 aliphatic carbocycles. The molecular weight excluding hydrogens is 308 g/mol. The van der Waals surface area contributed by atoms with Gasteiger partial charge in [-0.25, -0.2) is 14.8 Å². The van der Waals surface area contributed by atoms with Crippen LogP contribution in [0.25, 0.3) is 0 Å². The predicted octanol–water partition coefficient (Wildman–Crippen LogP) is 2.62. The van der Waals surface area contributed by atoms with Crippen molar-refractivity contribution >= 4 is 11.9 Å². The Bertz CT molecular complexity index is 545. The number of aromatic nitrogens is 2. The molecule has 0 aromatic carbocycles. The first-order chi connectivity index (χ1) is 11.4. The molecule has 0 saturated carbocycles. The second kappa shape index (κ2) is 8.17. The molecule has 7 heteroatoms. The molecule has 1 atom stereocenters. The molecule has 2 rings (SSSR count). The van der Waals surface area contributed by atoms with Crippen molar-refractivity contribution in [1.29, 1.82) is 0 Å². The lowest BCUT2D eigenvalue weighted by molar-refractivity contribution is 0.0517. The molecule has 1 aromatic rings. The molecule has 134 valence electrons. The van der Waals surface area contributed by atoms with Gasteiger partial charge in [-0.3, -0.25) is 0 Å². The molecule has 1 fully saturated rings. The van der Waals surface area contributed by atoms with E-state index in [0.717, 1.165) is 31.7 Å². The lowest BCUT2D eigenvalue weighted by atomic mass is 9.98. The van der Waals surface area contributed by atoms with Crippen LogP contribution < -0.4 is 15.0 Å². The first-order valence-electron chi connectivity index (χ1n) is 8.54. The molecule has 0 bridgehead atoms. The Morgan fingerprint density at radius 2 is 2.21 bits per heavy atom. The monoisotopic (exact) mass is 336 g/mol. The van der Waals surface area contributed by atoms with Gasteiger partial charge in [0.05, 0.1) is 6.61 Å². The summed E-state index contributed by atoms with van der Waals surface area (Å²) >= 11 is 0. The average molecular weight is 336 g/mol. The second-order valence-electron chi connectivity index (χ2n) is 6.98. The molecule has 0 spiro atoms. The molecule has 24 heavy (non-hydrogen) atoms. The Labute approximate surface area is 143 Å². The van der Waals surface area contributed by atoms with Crippen LogP contribution in [-0.4, -0.2) is 47.9 Å². The van der Waals surface area contributed by atoms with Crippen molar-refractivity contribution in [2.45, 2.75) is 46.1 Å². The van der Waals surface area contributed by atoms with Gasteiger partial charge >= 0.3 is 6.09 Å². The van der Waals surface area contributed by atoms with Gasteiger partial charge in [-0.05, 0) is 46.5 Å². The van der Waals surface area contributed by atoms with Crippen LogP contribution >= 0.6 is 0 Å². The van der Waals surface area contributed by atoms with E-state index in [1.165, 1.54) is 6.33 Å². The van der Waals surface area contributed by atoms with E-state index < -0.39 is 5.60 Å². The number of hydrogen-bond donors (Lipinski definition) is 1. The number of carbonyl (C=O) groups is 1. The lowest BCUT2D eigenvalue weighted by Crippen LogP contribution is -2.42. The van der Waals surface area contributed by atoms with E-state index in [1.807, 2.05) is 33.8 Å². The van der Waals surface area contributed by atoms with Gasteiger partial charge in [-0.15, -0.1) is 0 Å². The Morgan fingerprint density at radius 3 is 2.92 bits per heavy atom. The van der Waals surface area contributed by atoms with Gasteiger partial charge in [0, 0.05) is 25.7 Å². The molecule has 1 aliphatic heterocycles. The maximum atomic E-state index is 11.8. The topological polar surface area (TPSA) is 76.6 Å². The number of nitrogens with zero attached hydrogens (tertiary/aromatic N) is 3. The summed E-state index contributed by atoms with van der Waals surface area (Å²) in [5.41, 5.74) is -0.473. The van der Waals surface area contributed by atoms with E-state index in [4.69, 9.17) is 9.47 Å². The molecule has 1 aliphatic rings. The summed E-state index contributed by atoms with van der Waals surface area (Å²) in [7, 11) is 0. The van der Waals surface area contributed by atoms with Crippen molar-refractivity contribution in [3.63, 3.8) is 0 Å². The minimum atomic E-state index is -0.473. The Morgan fingerprint density at radius 1 is 1.42 bits per heavy atom. The minimum Gasteiger partial charge on any atom is -0.478 e. The molecule has 2 heterocycles. The maximum Gasteiger partial charge on any atom is 0.407 e. The Hall–Kier alpha value is -2.05. The molecule has 1 unspecified atom stereocenters. The fourth-order valence-corrected chi connectivity index (χ4v) is 2.71. The summed E-state index contributed by atoms with van der Waals surface area (Å²) in [6, 6.07) is 1.87. The Balaban J connectivity index is 1.87. The van der Waals surface area contributed by atoms with E-state index in [1.54, 1.807) is 0 Å².